The van der Waals surface area contributed by atoms with Crippen LogP contribution in [0.15, 0.2) is 0 Å². The fraction of sp³-hybridized carbons (Fsp3) is 1.00. The zero-order chi connectivity index (χ0) is 31.8. The van der Waals surface area contributed by atoms with Gasteiger partial charge in [-0.2, -0.15) is 0 Å². The van der Waals surface area contributed by atoms with Gasteiger partial charge < -0.3 is 26.6 Å². The fourth-order valence-corrected chi connectivity index (χ4v) is 7.79. The molecule has 7 nitrogen and oxygen atoms in total. The summed E-state index contributed by atoms with van der Waals surface area (Å²) in [4.78, 5) is 2.58. The Morgan fingerprint density at radius 2 is 0.425 bits per heavy atom. The van der Waals surface area contributed by atoms with Gasteiger partial charge in [0.2, 0.25) is 0 Å². The lowest BCUT2D eigenvalue weighted by Crippen LogP contribution is -2.61. The van der Waals surface area contributed by atoms with Gasteiger partial charge in [0.05, 0.1) is 57.8 Å². The second-order valence-electron chi connectivity index (χ2n) is 16.9. The summed E-state index contributed by atoms with van der Waals surface area (Å²) < 4.78 is 39.7. The zero-order valence-electron chi connectivity index (χ0n) is 29.9. The highest BCUT2D eigenvalue weighted by Crippen LogP contribution is 2.23. The molecule has 0 aliphatic carbocycles. The Morgan fingerprint density at radius 3 is 0.525 bits per heavy atom. The highest BCUT2D eigenvalue weighted by Gasteiger charge is 2.38. The lowest BCUT2D eigenvalue weighted by Gasteiger charge is -2.46. The molecule has 0 atom stereocenters. The molecule has 242 valence electrons. The van der Waals surface area contributed by atoms with Gasteiger partial charge >= 0.3 is 0 Å². The van der Waals surface area contributed by atoms with Crippen molar-refractivity contribution in [2.45, 2.75) is 136 Å². The predicted octanol–water partition coefficient (Wildman–Crippen LogP) is 7.50. The van der Waals surface area contributed by atoms with Crippen molar-refractivity contribution in [1.82, 2.24) is 4.90 Å². The Hall–Kier alpha value is 1.02. The van der Waals surface area contributed by atoms with Crippen molar-refractivity contribution in [2.24, 2.45) is 0 Å². The third kappa shape index (κ3) is 23.5. The first kappa shape index (κ1) is 41.0. The van der Waals surface area contributed by atoms with Crippen LogP contribution in [0.5, 0.6) is 0 Å². The van der Waals surface area contributed by atoms with Crippen LogP contribution < -0.4 is 0 Å². The van der Waals surface area contributed by atoms with Gasteiger partial charge in [-0.25, -0.2) is 0 Å². The summed E-state index contributed by atoms with van der Waals surface area (Å²) in [6.45, 7) is 44.4. The predicted molar refractivity (Wildman–Crippen MR) is 189 cm³/mol. The average molecular weight is 672 g/mol. The first-order chi connectivity index (χ1) is 17.6. The summed E-state index contributed by atoms with van der Waals surface area (Å²) in [5.41, 5.74) is 0. The van der Waals surface area contributed by atoms with Crippen LogP contribution in [0.1, 0.15) is 0 Å². The minimum atomic E-state index is -1.77. The first-order valence-electron chi connectivity index (χ1n) is 15.2. The molecule has 0 radical (unpaired) electrons. The summed E-state index contributed by atoms with van der Waals surface area (Å²) in [5, 5.41) is 0. The van der Waals surface area contributed by atoms with Gasteiger partial charge in [-0.1, -0.05) is 0 Å². The van der Waals surface area contributed by atoms with Crippen molar-refractivity contribution in [3.05, 3.63) is 0 Å². The summed E-state index contributed by atoms with van der Waals surface area (Å²) in [7, 11) is -10.6. The van der Waals surface area contributed by atoms with Crippen LogP contribution in [0.4, 0.5) is 0 Å². The summed E-state index contributed by atoms with van der Waals surface area (Å²) in [6, 6.07) is 0.123. The topological polar surface area (TPSA) is 58.6 Å². The van der Waals surface area contributed by atoms with Crippen molar-refractivity contribution >= 4 is 49.9 Å². The SMILES string of the molecule is C[Si](C)(C)OCC(CO[Si](C)(C)C)N(C(CO[Si](C)(C)C)CO[Si](C)(C)C)C(CO[Si](C)(C)C)CO[Si](C)(C)C. The maximum Gasteiger partial charge on any atom is 0.183 e. The third-order valence-corrected chi connectivity index (χ3v) is 11.7. The van der Waals surface area contributed by atoms with Crippen LogP contribution in [0.2, 0.25) is 118 Å². The van der Waals surface area contributed by atoms with E-state index < -0.39 is 49.9 Å². The quantitative estimate of drug-likeness (QED) is 0.117. The summed E-state index contributed by atoms with van der Waals surface area (Å²) >= 11 is 0. The fourth-order valence-electron chi connectivity index (χ4n) is 3.63. The van der Waals surface area contributed by atoms with Crippen LogP contribution in [0.3, 0.4) is 0 Å². The molecule has 0 saturated carbocycles. The molecule has 0 fully saturated rings. The molecule has 0 spiro atoms. The highest BCUT2D eigenvalue weighted by atomic mass is 28.4. The molecule has 0 aromatic heterocycles. The monoisotopic (exact) mass is 671 g/mol. The van der Waals surface area contributed by atoms with E-state index in [-0.39, 0.29) is 18.1 Å². The minimum Gasteiger partial charge on any atom is -0.416 e. The molecule has 13 heteroatoms. The summed E-state index contributed by atoms with van der Waals surface area (Å²) in [6.07, 6.45) is 0. The van der Waals surface area contributed by atoms with E-state index in [2.05, 4.69) is 123 Å². The second kappa shape index (κ2) is 16.4. The Bertz CT molecular complexity index is 556. The van der Waals surface area contributed by atoms with E-state index in [0.29, 0.717) is 39.6 Å². The van der Waals surface area contributed by atoms with E-state index in [1.54, 1.807) is 0 Å². The zero-order valence-corrected chi connectivity index (χ0v) is 35.9. The van der Waals surface area contributed by atoms with Gasteiger partial charge in [0.15, 0.2) is 49.9 Å². The Morgan fingerprint density at radius 1 is 0.300 bits per heavy atom. The van der Waals surface area contributed by atoms with Crippen molar-refractivity contribution in [3.8, 4) is 0 Å². The van der Waals surface area contributed by atoms with Gasteiger partial charge in [0.25, 0.3) is 0 Å². The van der Waals surface area contributed by atoms with E-state index in [1.807, 2.05) is 0 Å². The van der Waals surface area contributed by atoms with Crippen LogP contribution in [0.25, 0.3) is 0 Å². The van der Waals surface area contributed by atoms with E-state index in [4.69, 9.17) is 26.6 Å². The molecule has 0 rings (SSSR count). The molecule has 0 aromatic carbocycles. The van der Waals surface area contributed by atoms with Crippen molar-refractivity contribution in [1.29, 1.82) is 0 Å². The molecule has 0 saturated heterocycles. The van der Waals surface area contributed by atoms with Crippen LogP contribution in [0, 0.1) is 0 Å². The Labute approximate surface area is 256 Å². The van der Waals surface area contributed by atoms with Gasteiger partial charge in [0.1, 0.15) is 0 Å². The molecule has 0 bridgehead atoms. The van der Waals surface area contributed by atoms with E-state index >= 15 is 0 Å². The molecular formula is C27H69NO6Si6. The smallest absolute Gasteiger partial charge is 0.183 e. The first-order valence-corrected chi connectivity index (χ1v) is 35.6. The van der Waals surface area contributed by atoms with Gasteiger partial charge in [-0.15, -0.1) is 0 Å². The molecule has 0 aromatic rings. The molecule has 0 N–H and O–H groups in total. The van der Waals surface area contributed by atoms with Crippen LogP contribution >= 0.6 is 0 Å². The molecular weight excluding hydrogens is 603 g/mol. The molecule has 0 amide bonds. The lowest BCUT2D eigenvalue weighted by atomic mass is 10.1. The molecule has 40 heavy (non-hydrogen) atoms. The Kier molecular flexibility index (Phi) is 16.8. The second-order valence-corrected chi connectivity index (χ2v) is 44.0. The van der Waals surface area contributed by atoms with Gasteiger partial charge in [-0.3, -0.25) is 4.90 Å². The van der Waals surface area contributed by atoms with Gasteiger partial charge in [0, 0.05) is 0 Å². The van der Waals surface area contributed by atoms with Crippen molar-refractivity contribution in [3.63, 3.8) is 0 Å². The number of nitrogens with zero attached hydrogens (tertiary/aromatic N) is 1. The molecule has 0 aliphatic rings. The van der Waals surface area contributed by atoms with E-state index in [0.717, 1.165) is 0 Å². The van der Waals surface area contributed by atoms with Crippen molar-refractivity contribution in [2.75, 3.05) is 39.6 Å². The van der Waals surface area contributed by atoms with E-state index in [9.17, 15) is 0 Å². The number of rotatable bonds is 21. The highest BCUT2D eigenvalue weighted by molar-refractivity contribution is 6.71. The maximum atomic E-state index is 6.62. The maximum absolute atomic E-state index is 6.62. The van der Waals surface area contributed by atoms with Crippen LogP contribution in [-0.4, -0.2) is 113 Å². The molecule has 0 aliphatic heterocycles. The van der Waals surface area contributed by atoms with Crippen LogP contribution in [-0.2, 0) is 26.6 Å². The number of hydrogen-bond acceptors (Lipinski definition) is 7. The summed E-state index contributed by atoms with van der Waals surface area (Å²) in [5.74, 6) is 0. The third-order valence-electron chi connectivity index (χ3n) is 5.52. The standard InChI is InChI=1S/C27H69NO6Si6/c1-35(2,3)29-19-25(20-30-36(4,5)6)28(26(21-31-37(7,8)9)22-32-38(10,11)12)27(23-33-39(13,14)15)24-34-40(16,17)18/h25-27H,19-24H2,1-18H3. The average Bonchev–Trinajstić information content (AvgIpc) is 2.67. The normalized spacial score (nSPS) is 14.8. The largest absolute Gasteiger partial charge is 0.416 e. The van der Waals surface area contributed by atoms with Gasteiger partial charge in [-0.05, 0) is 118 Å². The molecule has 0 heterocycles. The number of hydrogen-bond donors (Lipinski definition) is 0. The minimum absolute atomic E-state index is 0.0411. The Balaban J connectivity index is 6.86. The van der Waals surface area contributed by atoms with Crippen molar-refractivity contribution < 1.29 is 26.6 Å². The lowest BCUT2D eigenvalue weighted by molar-refractivity contribution is -0.0398. The van der Waals surface area contributed by atoms with E-state index in [1.165, 1.54) is 0 Å². The molecule has 0 unspecified atom stereocenters.